The number of hydrogen-bond acceptors (Lipinski definition) is 4. The molecule has 2 amide bonds. The minimum absolute atomic E-state index is 0.0218. The van der Waals surface area contributed by atoms with Gasteiger partial charge >= 0.3 is 0 Å². The molecule has 0 spiro atoms. The molecule has 1 aliphatic rings. The van der Waals surface area contributed by atoms with Crippen LogP contribution in [0.4, 0.5) is 0 Å². The van der Waals surface area contributed by atoms with E-state index in [4.69, 9.17) is 9.15 Å². The highest BCUT2D eigenvalue weighted by Gasteiger charge is 2.26. The summed E-state index contributed by atoms with van der Waals surface area (Å²) in [7, 11) is 0. The number of rotatable bonds is 9. The van der Waals surface area contributed by atoms with Crippen LogP contribution in [0, 0.1) is 6.92 Å². The minimum Gasteiger partial charge on any atom is -0.464 e. The molecule has 1 aromatic heterocycles. The third kappa shape index (κ3) is 6.19. The highest BCUT2D eigenvalue weighted by molar-refractivity contribution is 5.84. The molecule has 156 valence electrons. The summed E-state index contributed by atoms with van der Waals surface area (Å²) < 4.78 is 11.4. The molecular formula is C23H30N2O4. The molecule has 0 unspecified atom stereocenters. The summed E-state index contributed by atoms with van der Waals surface area (Å²) in [6.07, 6.45) is 2.33. The average Bonchev–Trinajstić information content (AvgIpc) is 3.38. The SMILES string of the molecule is CCC(=O)N(CC(=O)N(Cc1ccccc1)Cc1ccc(C)o1)C[C@@H]1CCCO1. The van der Waals surface area contributed by atoms with Crippen molar-refractivity contribution in [2.45, 2.75) is 52.3 Å². The topological polar surface area (TPSA) is 63.0 Å². The zero-order valence-electron chi connectivity index (χ0n) is 17.3. The summed E-state index contributed by atoms with van der Waals surface area (Å²) in [5.41, 5.74) is 1.04. The van der Waals surface area contributed by atoms with Crippen molar-refractivity contribution in [3.8, 4) is 0 Å². The zero-order chi connectivity index (χ0) is 20.6. The quantitative estimate of drug-likeness (QED) is 0.648. The first kappa shape index (κ1) is 21.1. The number of carbonyl (C=O) groups excluding carboxylic acids is 2. The van der Waals surface area contributed by atoms with Gasteiger partial charge < -0.3 is 19.0 Å². The molecule has 0 saturated carbocycles. The Bertz CT molecular complexity index is 796. The average molecular weight is 399 g/mol. The molecule has 1 fully saturated rings. The fourth-order valence-electron chi connectivity index (χ4n) is 3.57. The Labute approximate surface area is 172 Å². The number of nitrogens with zero attached hydrogens (tertiary/aromatic N) is 2. The summed E-state index contributed by atoms with van der Waals surface area (Å²) in [6, 6.07) is 13.6. The first-order chi connectivity index (χ1) is 14.0. The van der Waals surface area contributed by atoms with Crippen molar-refractivity contribution in [1.82, 2.24) is 9.80 Å². The predicted octanol–water partition coefficient (Wildman–Crippen LogP) is 3.53. The number of furan rings is 1. The molecule has 1 saturated heterocycles. The predicted molar refractivity (Wildman–Crippen MR) is 110 cm³/mol. The Kier molecular flexibility index (Phi) is 7.47. The fraction of sp³-hybridized carbons (Fsp3) is 0.478. The summed E-state index contributed by atoms with van der Waals surface area (Å²) in [5.74, 6) is 1.43. The van der Waals surface area contributed by atoms with Crippen molar-refractivity contribution in [2.24, 2.45) is 0 Å². The summed E-state index contributed by atoms with van der Waals surface area (Å²) in [5, 5.41) is 0. The van der Waals surface area contributed by atoms with Crippen molar-refractivity contribution in [3.05, 3.63) is 59.5 Å². The van der Waals surface area contributed by atoms with Crippen LogP contribution in [0.3, 0.4) is 0 Å². The molecule has 0 bridgehead atoms. The molecule has 2 aromatic rings. The highest BCUT2D eigenvalue weighted by Crippen LogP contribution is 2.16. The molecule has 2 heterocycles. The first-order valence-corrected chi connectivity index (χ1v) is 10.3. The van der Waals surface area contributed by atoms with Gasteiger partial charge in [-0.05, 0) is 37.5 Å². The lowest BCUT2D eigenvalue weighted by molar-refractivity contribution is -0.142. The zero-order valence-corrected chi connectivity index (χ0v) is 17.3. The van der Waals surface area contributed by atoms with Gasteiger partial charge in [0.15, 0.2) is 0 Å². The van der Waals surface area contributed by atoms with Crippen LogP contribution in [0.5, 0.6) is 0 Å². The molecule has 1 aliphatic heterocycles. The van der Waals surface area contributed by atoms with Crippen molar-refractivity contribution >= 4 is 11.8 Å². The molecule has 29 heavy (non-hydrogen) atoms. The van der Waals surface area contributed by atoms with Crippen molar-refractivity contribution in [3.63, 3.8) is 0 Å². The maximum atomic E-state index is 13.2. The molecule has 1 aromatic carbocycles. The van der Waals surface area contributed by atoms with Gasteiger partial charge in [0, 0.05) is 26.1 Å². The van der Waals surface area contributed by atoms with E-state index in [-0.39, 0.29) is 24.5 Å². The van der Waals surface area contributed by atoms with Crippen molar-refractivity contribution < 1.29 is 18.7 Å². The third-order valence-corrected chi connectivity index (χ3v) is 5.14. The van der Waals surface area contributed by atoms with E-state index in [1.54, 1.807) is 9.80 Å². The van der Waals surface area contributed by atoms with Gasteiger partial charge in [0.1, 0.15) is 11.5 Å². The molecule has 0 aliphatic carbocycles. The van der Waals surface area contributed by atoms with Gasteiger partial charge in [-0.2, -0.15) is 0 Å². The van der Waals surface area contributed by atoms with Crippen LogP contribution >= 0.6 is 0 Å². The van der Waals surface area contributed by atoms with E-state index in [9.17, 15) is 9.59 Å². The van der Waals surface area contributed by atoms with Gasteiger partial charge in [-0.3, -0.25) is 9.59 Å². The second-order valence-electron chi connectivity index (χ2n) is 7.51. The summed E-state index contributed by atoms with van der Waals surface area (Å²) in [4.78, 5) is 29.1. The summed E-state index contributed by atoms with van der Waals surface area (Å²) in [6.45, 7) is 5.79. The minimum atomic E-state index is -0.0947. The van der Waals surface area contributed by atoms with Crippen LogP contribution in [0.2, 0.25) is 0 Å². The van der Waals surface area contributed by atoms with Gasteiger partial charge in [-0.15, -0.1) is 0 Å². The molecule has 0 N–H and O–H groups in total. The number of benzene rings is 1. The number of aryl methyl sites for hydroxylation is 1. The van der Waals surface area contributed by atoms with Crippen LogP contribution in [-0.4, -0.2) is 47.4 Å². The van der Waals surface area contributed by atoms with Gasteiger partial charge in [-0.25, -0.2) is 0 Å². The van der Waals surface area contributed by atoms with E-state index in [2.05, 4.69) is 0 Å². The fourth-order valence-corrected chi connectivity index (χ4v) is 3.57. The lowest BCUT2D eigenvalue weighted by Crippen LogP contribution is -2.45. The standard InChI is InChI=1S/C23H30N2O4/c1-3-22(26)25(15-20-10-7-13-28-20)17-23(27)24(14-19-8-5-4-6-9-19)16-21-12-11-18(2)29-21/h4-6,8-9,11-12,20H,3,7,10,13-17H2,1-2H3/t20-/m0/s1. The van der Waals surface area contributed by atoms with E-state index < -0.39 is 0 Å². The van der Waals surface area contributed by atoms with E-state index in [0.717, 1.165) is 36.5 Å². The molecule has 1 atom stereocenters. The Hall–Kier alpha value is -2.60. The van der Waals surface area contributed by atoms with Crippen LogP contribution < -0.4 is 0 Å². The third-order valence-electron chi connectivity index (χ3n) is 5.14. The Morgan fingerprint density at radius 1 is 1.03 bits per heavy atom. The Balaban J connectivity index is 1.72. The number of hydrogen-bond donors (Lipinski definition) is 0. The highest BCUT2D eigenvalue weighted by atomic mass is 16.5. The van der Waals surface area contributed by atoms with Gasteiger partial charge in [0.25, 0.3) is 0 Å². The molecule has 6 nitrogen and oxygen atoms in total. The Morgan fingerprint density at radius 3 is 2.45 bits per heavy atom. The molecule has 3 rings (SSSR count). The van der Waals surface area contributed by atoms with Crippen LogP contribution in [-0.2, 0) is 27.4 Å². The summed E-state index contributed by atoms with van der Waals surface area (Å²) >= 11 is 0. The number of carbonyl (C=O) groups is 2. The maximum Gasteiger partial charge on any atom is 0.242 e. The normalized spacial score (nSPS) is 16.0. The first-order valence-electron chi connectivity index (χ1n) is 10.3. The van der Waals surface area contributed by atoms with E-state index in [0.29, 0.717) is 26.1 Å². The van der Waals surface area contributed by atoms with Crippen LogP contribution in [0.25, 0.3) is 0 Å². The number of amides is 2. The van der Waals surface area contributed by atoms with Gasteiger partial charge in [-0.1, -0.05) is 37.3 Å². The maximum absolute atomic E-state index is 13.2. The lowest BCUT2D eigenvalue weighted by atomic mass is 10.2. The largest absolute Gasteiger partial charge is 0.464 e. The van der Waals surface area contributed by atoms with E-state index >= 15 is 0 Å². The van der Waals surface area contributed by atoms with Gasteiger partial charge in [0.05, 0.1) is 19.2 Å². The van der Waals surface area contributed by atoms with Crippen molar-refractivity contribution in [2.75, 3.05) is 19.7 Å². The van der Waals surface area contributed by atoms with Crippen LogP contribution in [0.1, 0.15) is 43.3 Å². The van der Waals surface area contributed by atoms with E-state index in [1.807, 2.05) is 56.3 Å². The smallest absolute Gasteiger partial charge is 0.242 e. The Morgan fingerprint density at radius 2 is 1.83 bits per heavy atom. The van der Waals surface area contributed by atoms with Crippen molar-refractivity contribution in [1.29, 1.82) is 0 Å². The number of ether oxygens (including phenoxy) is 1. The second kappa shape index (κ2) is 10.3. The van der Waals surface area contributed by atoms with Gasteiger partial charge in [0.2, 0.25) is 11.8 Å². The monoisotopic (exact) mass is 398 g/mol. The second-order valence-corrected chi connectivity index (χ2v) is 7.51. The molecular weight excluding hydrogens is 368 g/mol. The van der Waals surface area contributed by atoms with Crippen LogP contribution in [0.15, 0.2) is 46.9 Å². The molecule has 6 heteroatoms. The molecule has 0 radical (unpaired) electrons. The van der Waals surface area contributed by atoms with E-state index in [1.165, 1.54) is 0 Å². The lowest BCUT2D eigenvalue weighted by Gasteiger charge is -2.28.